The van der Waals surface area contributed by atoms with Gasteiger partial charge in [0.25, 0.3) is 0 Å². The average molecular weight is 204 g/mol. The van der Waals surface area contributed by atoms with E-state index in [9.17, 15) is 5.11 Å². The van der Waals surface area contributed by atoms with Crippen molar-refractivity contribution in [3.63, 3.8) is 0 Å². The predicted molar refractivity (Wildman–Crippen MR) is 62.9 cm³/mol. The summed E-state index contributed by atoms with van der Waals surface area (Å²) in [5.74, 6) is 0.815. The van der Waals surface area contributed by atoms with Crippen LogP contribution in [0.1, 0.15) is 37.3 Å². The molecule has 1 aromatic carbocycles. The van der Waals surface area contributed by atoms with Crippen molar-refractivity contribution < 1.29 is 5.11 Å². The maximum atomic E-state index is 9.84. The monoisotopic (exact) mass is 204 g/mol. The zero-order valence-electron chi connectivity index (χ0n) is 9.45. The first-order valence-corrected chi connectivity index (χ1v) is 6.04. The largest absolute Gasteiger partial charge is 0.393 e. The van der Waals surface area contributed by atoms with Crippen molar-refractivity contribution in [2.24, 2.45) is 5.92 Å². The molecular formula is C14H20O. The molecule has 0 aromatic heterocycles. The van der Waals surface area contributed by atoms with Crippen LogP contribution in [0.15, 0.2) is 24.3 Å². The Kier molecular flexibility index (Phi) is 3.42. The number of hydrogen-bond donors (Lipinski definition) is 1. The van der Waals surface area contributed by atoms with E-state index >= 15 is 0 Å². The Morgan fingerprint density at radius 2 is 1.80 bits per heavy atom. The van der Waals surface area contributed by atoms with E-state index in [1.54, 1.807) is 0 Å². The molecular weight excluding hydrogens is 184 g/mol. The lowest BCUT2D eigenvalue weighted by atomic mass is 10.0. The lowest BCUT2D eigenvalue weighted by Gasteiger charge is -2.10. The van der Waals surface area contributed by atoms with Crippen LogP contribution in [-0.4, -0.2) is 11.2 Å². The molecule has 1 atom stereocenters. The topological polar surface area (TPSA) is 20.2 Å². The molecule has 1 aliphatic carbocycles. The first-order valence-electron chi connectivity index (χ1n) is 6.04. The summed E-state index contributed by atoms with van der Waals surface area (Å²) in [7, 11) is 0. The summed E-state index contributed by atoms with van der Waals surface area (Å²) in [4.78, 5) is 0. The van der Waals surface area contributed by atoms with Gasteiger partial charge in [0, 0.05) is 0 Å². The van der Waals surface area contributed by atoms with E-state index in [0.29, 0.717) is 0 Å². The average Bonchev–Trinajstić information content (AvgIpc) is 3.03. The van der Waals surface area contributed by atoms with Crippen LogP contribution >= 0.6 is 0 Å². The van der Waals surface area contributed by atoms with Crippen LogP contribution in [0.25, 0.3) is 0 Å². The Morgan fingerprint density at radius 1 is 1.20 bits per heavy atom. The number of hydrogen-bond acceptors (Lipinski definition) is 1. The standard InChI is InChI=1S/C14H20O/c1-2-11-3-5-12(6-4-11)9-14(15)10-13-7-8-13/h3-6,13-15H,2,7-10H2,1H3. The third kappa shape index (κ3) is 3.35. The van der Waals surface area contributed by atoms with E-state index in [2.05, 4.69) is 31.2 Å². The number of rotatable bonds is 5. The molecule has 0 saturated heterocycles. The maximum absolute atomic E-state index is 9.84. The second kappa shape index (κ2) is 4.80. The van der Waals surface area contributed by atoms with Crippen molar-refractivity contribution in [1.29, 1.82) is 0 Å². The zero-order chi connectivity index (χ0) is 10.7. The van der Waals surface area contributed by atoms with E-state index in [1.165, 1.54) is 24.0 Å². The molecule has 1 nitrogen and oxygen atoms in total. The second-order valence-corrected chi connectivity index (χ2v) is 4.71. The molecule has 1 saturated carbocycles. The summed E-state index contributed by atoms with van der Waals surface area (Å²) in [6.45, 7) is 2.16. The summed E-state index contributed by atoms with van der Waals surface area (Å²) in [6, 6.07) is 8.63. The van der Waals surface area contributed by atoms with Gasteiger partial charge in [-0.05, 0) is 36.3 Å². The number of aliphatic hydroxyl groups excluding tert-OH is 1. The van der Waals surface area contributed by atoms with Crippen LogP contribution in [0.3, 0.4) is 0 Å². The Hall–Kier alpha value is -0.820. The lowest BCUT2D eigenvalue weighted by molar-refractivity contribution is 0.158. The normalized spacial score (nSPS) is 17.7. The van der Waals surface area contributed by atoms with Gasteiger partial charge in [0.15, 0.2) is 0 Å². The van der Waals surface area contributed by atoms with Crippen LogP contribution in [0.4, 0.5) is 0 Å². The molecule has 0 aliphatic heterocycles. The van der Waals surface area contributed by atoms with Crippen LogP contribution in [0.2, 0.25) is 0 Å². The third-order valence-corrected chi connectivity index (χ3v) is 3.20. The molecule has 0 radical (unpaired) electrons. The fourth-order valence-electron chi connectivity index (χ4n) is 2.00. The van der Waals surface area contributed by atoms with Crippen molar-refractivity contribution >= 4 is 0 Å². The number of aliphatic hydroxyl groups is 1. The summed E-state index contributed by atoms with van der Waals surface area (Å²) in [5.41, 5.74) is 2.63. The highest BCUT2D eigenvalue weighted by Gasteiger charge is 2.24. The summed E-state index contributed by atoms with van der Waals surface area (Å²) < 4.78 is 0. The second-order valence-electron chi connectivity index (χ2n) is 4.71. The van der Waals surface area contributed by atoms with Gasteiger partial charge in [-0.1, -0.05) is 44.0 Å². The van der Waals surface area contributed by atoms with Gasteiger partial charge in [-0.15, -0.1) is 0 Å². The Morgan fingerprint density at radius 3 is 2.33 bits per heavy atom. The zero-order valence-corrected chi connectivity index (χ0v) is 9.45. The molecule has 15 heavy (non-hydrogen) atoms. The molecule has 0 amide bonds. The number of benzene rings is 1. The maximum Gasteiger partial charge on any atom is 0.0583 e. The van der Waals surface area contributed by atoms with Gasteiger partial charge in [0.2, 0.25) is 0 Å². The van der Waals surface area contributed by atoms with E-state index in [0.717, 1.165) is 25.2 Å². The molecule has 0 heterocycles. The Labute approximate surface area is 92.1 Å². The van der Waals surface area contributed by atoms with Gasteiger partial charge in [0.1, 0.15) is 0 Å². The van der Waals surface area contributed by atoms with Gasteiger partial charge in [0.05, 0.1) is 6.10 Å². The highest BCUT2D eigenvalue weighted by molar-refractivity contribution is 5.22. The van der Waals surface area contributed by atoms with Crippen LogP contribution in [0.5, 0.6) is 0 Å². The minimum Gasteiger partial charge on any atom is -0.393 e. The molecule has 0 bridgehead atoms. The number of aryl methyl sites for hydroxylation is 1. The van der Waals surface area contributed by atoms with Gasteiger partial charge in [-0.3, -0.25) is 0 Å². The highest BCUT2D eigenvalue weighted by Crippen LogP contribution is 2.34. The van der Waals surface area contributed by atoms with Gasteiger partial charge >= 0.3 is 0 Å². The third-order valence-electron chi connectivity index (χ3n) is 3.20. The van der Waals surface area contributed by atoms with Crippen molar-refractivity contribution in [3.8, 4) is 0 Å². The first-order chi connectivity index (χ1) is 7.28. The minimum absolute atomic E-state index is 0.134. The summed E-state index contributed by atoms with van der Waals surface area (Å²) in [6.07, 6.45) is 5.42. The van der Waals surface area contributed by atoms with Gasteiger partial charge in [-0.25, -0.2) is 0 Å². The van der Waals surface area contributed by atoms with E-state index < -0.39 is 0 Å². The SMILES string of the molecule is CCc1ccc(CC(O)CC2CC2)cc1. The summed E-state index contributed by atoms with van der Waals surface area (Å²) >= 11 is 0. The fraction of sp³-hybridized carbons (Fsp3) is 0.571. The van der Waals surface area contributed by atoms with E-state index in [1.807, 2.05) is 0 Å². The van der Waals surface area contributed by atoms with Gasteiger partial charge < -0.3 is 5.11 Å². The molecule has 1 unspecified atom stereocenters. The molecule has 1 N–H and O–H groups in total. The van der Waals surface area contributed by atoms with Gasteiger partial charge in [-0.2, -0.15) is 0 Å². The predicted octanol–water partition coefficient (Wildman–Crippen LogP) is 2.95. The van der Waals surface area contributed by atoms with Crippen molar-refractivity contribution in [1.82, 2.24) is 0 Å². The van der Waals surface area contributed by atoms with Crippen molar-refractivity contribution in [3.05, 3.63) is 35.4 Å². The molecule has 1 fully saturated rings. The van der Waals surface area contributed by atoms with Crippen LogP contribution < -0.4 is 0 Å². The Balaban J connectivity index is 1.85. The fourth-order valence-corrected chi connectivity index (χ4v) is 2.00. The van der Waals surface area contributed by atoms with Crippen molar-refractivity contribution in [2.45, 2.75) is 45.1 Å². The lowest BCUT2D eigenvalue weighted by Crippen LogP contribution is -2.11. The molecule has 82 valence electrons. The van der Waals surface area contributed by atoms with Crippen LogP contribution in [0, 0.1) is 5.92 Å². The molecule has 2 rings (SSSR count). The highest BCUT2D eigenvalue weighted by atomic mass is 16.3. The van der Waals surface area contributed by atoms with Crippen LogP contribution in [-0.2, 0) is 12.8 Å². The first kappa shape index (κ1) is 10.7. The minimum atomic E-state index is -0.134. The molecule has 1 heteroatoms. The van der Waals surface area contributed by atoms with Crippen molar-refractivity contribution in [2.75, 3.05) is 0 Å². The van der Waals surface area contributed by atoms with E-state index in [4.69, 9.17) is 0 Å². The molecule has 1 aromatic rings. The Bertz CT molecular complexity index is 298. The smallest absolute Gasteiger partial charge is 0.0583 e. The molecule has 0 spiro atoms. The summed E-state index contributed by atoms with van der Waals surface area (Å²) in [5, 5.41) is 9.84. The van der Waals surface area contributed by atoms with E-state index in [-0.39, 0.29) is 6.10 Å². The quantitative estimate of drug-likeness (QED) is 0.782. The molecule has 1 aliphatic rings.